The lowest BCUT2D eigenvalue weighted by Crippen LogP contribution is -2.47. The Morgan fingerprint density at radius 2 is 2.22 bits per heavy atom. The molecule has 9 heavy (non-hydrogen) atoms. The summed E-state index contributed by atoms with van der Waals surface area (Å²) >= 11 is 0. The van der Waals surface area contributed by atoms with Gasteiger partial charge in [0.15, 0.2) is 0 Å². The van der Waals surface area contributed by atoms with E-state index in [0.717, 1.165) is 0 Å². The van der Waals surface area contributed by atoms with Crippen LogP contribution in [0, 0.1) is 0 Å². The van der Waals surface area contributed by atoms with Crippen LogP contribution in [0.2, 0.25) is 0 Å². The Balaban J connectivity index is 2.23. The van der Waals surface area contributed by atoms with E-state index < -0.39 is 0 Å². The summed E-state index contributed by atoms with van der Waals surface area (Å²) in [4.78, 5) is 0. The van der Waals surface area contributed by atoms with Crippen molar-refractivity contribution in [2.45, 2.75) is 38.4 Å². The number of nitrogens with one attached hydrogen (secondary N) is 2. The van der Waals surface area contributed by atoms with Gasteiger partial charge >= 0.3 is 0 Å². The number of hydrogen-bond donors (Lipinski definition) is 2. The minimum Gasteiger partial charge on any atom is -0.305 e. The number of rotatable bonds is 1. The molecule has 54 valence electrons. The molecule has 0 saturated carbocycles. The monoisotopic (exact) mass is 128 g/mol. The first-order chi connectivity index (χ1) is 4.33. The molecule has 0 aromatic carbocycles. The fourth-order valence-electron chi connectivity index (χ4n) is 1.37. The van der Waals surface area contributed by atoms with Crippen LogP contribution in [0.15, 0.2) is 0 Å². The van der Waals surface area contributed by atoms with Gasteiger partial charge in [0.25, 0.3) is 0 Å². The van der Waals surface area contributed by atoms with Gasteiger partial charge in [0.05, 0.1) is 6.17 Å². The smallest absolute Gasteiger partial charge is 0.0571 e. The molecule has 2 atom stereocenters. The molecule has 1 fully saturated rings. The second-order valence-electron chi connectivity index (χ2n) is 2.84. The van der Waals surface area contributed by atoms with Gasteiger partial charge in [-0.25, -0.2) is 0 Å². The molecule has 0 aromatic heterocycles. The predicted molar refractivity (Wildman–Crippen MR) is 39.3 cm³/mol. The zero-order valence-corrected chi connectivity index (χ0v) is 6.28. The molecule has 0 radical (unpaired) electrons. The third kappa shape index (κ3) is 1.95. The Bertz CT molecular complexity index is 83.0. The lowest BCUT2D eigenvalue weighted by molar-refractivity contribution is 0.306. The molecule has 0 aliphatic carbocycles. The minimum atomic E-state index is 0.564. The van der Waals surface area contributed by atoms with Crippen molar-refractivity contribution in [1.82, 2.24) is 10.6 Å². The Morgan fingerprint density at radius 1 is 1.44 bits per heavy atom. The van der Waals surface area contributed by atoms with Crippen LogP contribution in [-0.4, -0.2) is 19.3 Å². The van der Waals surface area contributed by atoms with E-state index in [1.807, 2.05) is 7.05 Å². The van der Waals surface area contributed by atoms with Gasteiger partial charge in [-0.05, 0) is 33.2 Å². The first-order valence-electron chi connectivity index (χ1n) is 3.76. The highest BCUT2D eigenvalue weighted by atomic mass is 15.1. The quantitative estimate of drug-likeness (QED) is 0.543. The lowest BCUT2D eigenvalue weighted by Gasteiger charge is -2.28. The molecule has 2 N–H and O–H groups in total. The number of hydrogen-bond acceptors (Lipinski definition) is 2. The molecule has 2 heteroatoms. The van der Waals surface area contributed by atoms with Crippen LogP contribution < -0.4 is 10.6 Å². The Hall–Kier alpha value is -0.0800. The van der Waals surface area contributed by atoms with Gasteiger partial charge in [0.2, 0.25) is 0 Å². The summed E-state index contributed by atoms with van der Waals surface area (Å²) < 4.78 is 0. The standard InChI is InChI=1S/C7H16N2/c1-6-4-3-5-7(8-2)9-6/h6-9H,3-5H2,1-2H3. The fourth-order valence-corrected chi connectivity index (χ4v) is 1.37. The zero-order valence-electron chi connectivity index (χ0n) is 6.28. The van der Waals surface area contributed by atoms with E-state index in [1.165, 1.54) is 19.3 Å². The SMILES string of the molecule is CNC1CCCC(C)N1. The second kappa shape index (κ2) is 3.18. The summed E-state index contributed by atoms with van der Waals surface area (Å²) in [5.41, 5.74) is 0. The highest BCUT2D eigenvalue weighted by Crippen LogP contribution is 2.09. The van der Waals surface area contributed by atoms with Gasteiger partial charge < -0.3 is 5.32 Å². The van der Waals surface area contributed by atoms with Gasteiger partial charge in [-0.3, -0.25) is 5.32 Å². The van der Waals surface area contributed by atoms with Crippen LogP contribution >= 0.6 is 0 Å². The Kier molecular flexibility index (Phi) is 2.49. The van der Waals surface area contributed by atoms with Crippen molar-refractivity contribution in [1.29, 1.82) is 0 Å². The lowest BCUT2D eigenvalue weighted by atomic mass is 10.0. The maximum atomic E-state index is 3.45. The molecule has 0 aromatic rings. The molecule has 0 spiro atoms. The molecule has 1 aliphatic rings. The van der Waals surface area contributed by atoms with Gasteiger partial charge in [-0.1, -0.05) is 0 Å². The highest BCUT2D eigenvalue weighted by molar-refractivity contribution is 4.74. The maximum absolute atomic E-state index is 3.45. The number of piperidine rings is 1. The third-order valence-electron chi connectivity index (χ3n) is 1.96. The summed E-state index contributed by atoms with van der Waals surface area (Å²) in [5, 5.41) is 6.68. The topological polar surface area (TPSA) is 24.1 Å². The Morgan fingerprint density at radius 3 is 2.67 bits per heavy atom. The van der Waals surface area contributed by atoms with Crippen LogP contribution in [0.5, 0.6) is 0 Å². The van der Waals surface area contributed by atoms with Crippen LogP contribution in [0.4, 0.5) is 0 Å². The summed E-state index contributed by atoms with van der Waals surface area (Å²) in [6.07, 6.45) is 4.53. The van der Waals surface area contributed by atoms with Crippen molar-refractivity contribution in [3.05, 3.63) is 0 Å². The van der Waals surface area contributed by atoms with E-state index in [0.29, 0.717) is 12.2 Å². The second-order valence-corrected chi connectivity index (χ2v) is 2.84. The molecule has 0 amide bonds. The molecule has 1 heterocycles. The van der Waals surface area contributed by atoms with E-state index in [9.17, 15) is 0 Å². The summed E-state index contributed by atoms with van der Waals surface area (Å²) in [6, 6.07) is 0.705. The van der Waals surface area contributed by atoms with Gasteiger partial charge in [0.1, 0.15) is 0 Å². The Labute approximate surface area is 57.0 Å². The van der Waals surface area contributed by atoms with Crippen molar-refractivity contribution in [2.24, 2.45) is 0 Å². The van der Waals surface area contributed by atoms with Crippen molar-refractivity contribution in [3.63, 3.8) is 0 Å². The normalized spacial score (nSPS) is 36.7. The third-order valence-corrected chi connectivity index (χ3v) is 1.96. The maximum Gasteiger partial charge on any atom is 0.0571 e. The zero-order chi connectivity index (χ0) is 6.69. The fraction of sp³-hybridized carbons (Fsp3) is 1.00. The van der Waals surface area contributed by atoms with E-state index >= 15 is 0 Å². The molecule has 2 nitrogen and oxygen atoms in total. The first-order valence-corrected chi connectivity index (χ1v) is 3.76. The predicted octanol–water partition coefficient (Wildman–Crippen LogP) is 0.694. The average Bonchev–Trinajstić information content (AvgIpc) is 1.88. The van der Waals surface area contributed by atoms with Gasteiger partial charge in [-0.2, -0.15) is 0 Å². The molecular weight excluding hydrogens is 112 g/mol. The van der Waals surface area contributed by atoms with Crippen molar-refractivity contribution < 1.29 is 0 Å². The van der Waals surface area contributed by atoms with E-state index in [1.54, 1.807) is 0 Å². The van der Waals surface area contributed by atoms with Crippen molar-refractivity contribution >= 4 is 0 Å². The van der Waals surface area contributed by atoms with Crippen LogP contribution in [0.1, 0.15) is 26.2 Å². The molecular formula is C7H16N2. The largest absolute Gasteiger partial charge is 0.305 e. The van der Waals surface area contributed by atoms with Gasteiger partial charge in [-0.15, -0.1) is 0 Å². The molecule has 2 unspecified atom stereocenters. The average molecular weight is 128 g/mol. The van der Waals surface area contributed by atoms with Crippen molar-refractivity contribution in [2.75, 3.05) is 7.05 Å². The van der Waals surface area contributed by atoms with E-state index in [-0.39, 0.29) is 0 Å². The van der Waals surface area contributed by atoms with Crippen LogP contribution in [0.3, 0.4) is 0 Å². The van der Waals surface area contributed by atoms with Crippen molar-refractivity contribution in [3.8, 4) is 0 Å². The summed E-state index contributed by atoms with van der Waals surface area (Å²) in [6.45, 7) is 2.24. The molecule has 1 aliphatic heterocycles. The first kappa shape index (κ1) is 7.03. The minimum absolute atomic E-state index is 0.564. The van der Waals surface area contributed by atoms with Gasteiger partial charge in [0, 0.05) is 6.04 Å². The summed E-state index contributed by atoms with van der Waals surface area (Å²) in [5.74, 6) is 0. The van der Waals surface area contributed by atoms with E-state index in [4.69, 9.17) is 0 Å². The summed E-state index contributed by atoms with van der Waals surface area (Å²) in [7, 11) is 2.01. The van der Waals surface area contributed by atoms with Crippen LogP contribution in [0.25, 0.3) is 0 Å². The van der Waals surface area contributed by atoms with E-state index in [2.05, 4.69) is 17.6 Å². The molecule has 1 saturated heterocycles. The molecule has 0 bridgehead atoms. The van der Waals surface area contributed by atoms with Crippen LogP contribution in [-0.2, 0) is 0 Å². The highest BCUT2D eigenvalue weighted by Gasteiger charge is 2.14. The molecule has 1 rings (SSSR count).